The van der Waals surface area contributed by atoms with Gasteiger partial charge in [0.05, 0.1) is 4.92 Å². The highest BCUT2D eigenvalue weighted by atomic mass is 79.9. The van der Waals surface area contributed by atoms with E-state index >= 15 is 0 Å². The molecule has 0 bridgehead atoms. The number of nitro groups is 1. The molecule has 0 atom stereocenters. The van der Waals surface area contributed by atoms with Gasteiger partial charge in [-0.15, -0.1) is 5.10 Å². The molecule has 0 saturated carbocycles. The number of nitriles is 1. The monoisotopic (exact) mass is 294 g/mol. The summed E-state index contributed by atoms with van der Waals surface area (Å²) in [6, 6.07) is 3.03. The number of nitrogens with zero attached hydrogens (tertiary/aromatic N) is 6. The molecule has 0 radical (unpaired) electrons. The highest BCUT2D eigenvalue weighted by Crippen LogP contribution is 2.23. The Morgan fingerprint density at radius 2 is 2.29 bits per heavy atom. The largest absolute Gasteiger partial charge is 0.314 e. The zero-order chi connectivity index (χ0) is 12.4. The molecule has 0 aliphatic carbocycles. The van der Waals surface area contributed by atoms with Crippen LogP contribution in [0.5, 0.6) is 0 Å². The minimum atomic E-state index is -0.583. The van der Waals surface area contributed by atoms with Gasteiger partial charge >= 0.3 is 5.69 Å². The Balaban J connectivity index is 2.59. The maximum absolute atomic E-state index is 10.8. The molecule has 0 spiro atoms. The van der Waals surface area contributed by atoms with Crippen LogP contribution in [-0.2, 0) is 0 Å². The van der Waals surface area contributed by atoms with Gasteiger partial charge in [-0.2, -0.15) is 9.94 Å². The van der Waals surface area contributed by atoms with Gasteiger partial charge in [0, 0.05) is 16.7 Å². The van der Waals surface area contributed by atoms with Gasteiger partial charge < -0.3 is 0 Å². The Bertz CT molecular complexity index is 631. The fourth-order valence-corrected chi connectivity index (χ4v) is 1.47. The van der Waals surface area contributed by atoms with Gasteiger partial charge in [0.15, 0.2) is 0 Å². The van der Waals surface area contributed by atoms with Crippen LogP contribution in [0.4, 0.5) is 5.69 Å². The third-order valence-electron chi connectivity index (χ3n) is 1.82. The minimum Gasteiger partial charge on any atom is -0.258 e. The van der Waals surface area contributed by atoms with Crippen molar-refractivity contribution in [3.63, 3.8) is 0 Å². The molecule has 9 heteroatoms. The normalized spacial score (nSPS) is 9.88. The van der Waals surface area contributed by atoms with Gasteiger partial charge in [0.2, 0.25) is 5.82 Å². The average molecular weight is 295 g/mol. The molecule has 2 rings (SSSR count). The lowest BCUT2D eigenvalue weighted by Crippen LogP contribution is -2.03. The molecule has 2 heterocycles. The van der Waals surface area contributed by atoms with Crippen LogP contribution in [0.3, 0.4) is 0 Å². The van der Waals surface area contributed by atoms with E-state index in [2.05, 4.69) is 31.0 Å². The summed E-state index contributed by atoms with van der Waals surface area (Å²) in [6.45, 7) is 0. The van der Waals surface area contributed by atoms with E-state index in [4.69, 9.17) is 5.26 Å². The van der Waals surface area contributed by atoms with Gasteiger partial charge in [-0.3, -0.25) is 10.1 Å². The summed E-state index contributed by atoms with van der Waals surface area (Å²) in [5, 5.41) is 23.1. The predicted molar refractivity (Wildman–Crippen MR) is 58.2 cm³/mol. The van der Waals surface area contributed by atoms with E-state index < -0.39 is 4.92 Å². The molecule has 0 aromatic carbocycles. The van der Waals surface area contributed by atoms with Gasteiger partial charge in [-0.1, -0.05) is 0 Å². The van der Waals surface area contributed by atoms with Crippen LogP contribution in [0.1, 0.15) is 5.82 Å². The smallest absolute Gasteiger partial charge is 0.258 e. The summed E-state index contributed by atoms with van der Waals surface area (Å²) in [7, 11) is 0. The van der Waals surface area contributed by atoms with Gasteiger partial charge in [-0.25, -0.2) is 9.97 Å². The summed E-state index contributed by atoms with van der Waals surface area (Å²) in [6.07, 6.45) is 2.60. The summed E-state index contributed by atoms with van der Waals surface area (Å²) >= 11 is 3.09. The van der Waals surface area contributed by atoms with E-state index in [-0.39, 0.29) is 17.3 Å². The molecule has 0 aliphatic heterocycles. The molecule has 0 amide bonds. The summed E-state index contributed by atoms with van der Waals surface area (Å²) in [5.74, 6) is -0.0729. The van der Waals surface area contributed by atoms with Crippen LogP contribution in [0.2, 0.25) is 0 Å². The number of aromatic nitrogens is 4. The van der Waals surface area contributed by atoms with Gasteiger partial charge in [0.25, 0.3) is 5.82 Å². The number of halogens is 1. The maximum atomic E-state index is 10.8. The van der Waals surface area contributed by atoms with Crippen molar-refractivity contribution in [1.82, 2.24) is 19.7 Å². The first-order valence-corrected chi connectivity index (χ1v) is 5.03. The maximum Gasteiger partial charge on any atom is 0.314 e. The molecular formula is C8H3BrN6O2. The van der Waals surface area contributed by atoms with Crippen molar-refractivity contribution in [3.05, 3.63) is 39.0 Å². The second kappa shape index (κ2) is 4.26. The Labute approximate surface area is 103 Å². The lowest BCUT2D eigenvalue weighted by atomic mass is 10.4. The highest BCUT2D eigenvalue weighted by molar-refractivity contribution is 9.10. The van der Waals surface area contributed by atoms with E-state index in [0.29, 0.717) is 4.47 Å². The molecule has 8 nitrogen and oxygen atoms in total. The van der Waals surface area contributed by atoms with E-state index in [1.165, 1.54) is 18.6 Å². The number of rotatable bonds is 2. The third kappa shape index (κ3) is 2.11. The molecule has 84 valence electrons. The predicted octanol–water partition coefficient (Wildman–Crippen LogP) is 1.20. The zero-order valence-electron chi connectivity index (χ0n) is 8.11. The Kier molecular flexibility index (Phi) is 2.80. The quantitative estimate of drug-likeness (QED) is 0.608. The van der Waals surface area contributed by atoms with Crippen molar-refractivity contribution in [2.45, 2.75) is 0 Å². The van der Waals surface area contributed by atoms with Crippen LogP contribution in [0.15, 0.2) is 23.1 Å². The molecule has 0 aliphatic rings. The van der Waals surface area contributed by atoms with Crippen molar-refractivity contribution in [3.8, 4) is 11.9 Å². The van der Waals surface area contributed by atoms with Crippen LogP contribution < -0.4 is 0 Å². The van der Waals surface area contributed by atoms with Crippen molar-refractivity contribution >= 4 is 21.6 Å². The standard InChI is InChI=1S/C8H3BrN6O2/c9-5-1-6(15(16)17)8(11-3-5)14-4-12-7(2-10)13-14/h1,3-4H. The molecular weight excluding hydrogens is 292 g/mol. The fraction of sp³-hybridized carbons (Fsp3) is 0. The zero-order valence-corrected chi connectivity index (χ0v) is 9.70. The first-order valence-electron chi connectivity index (χ1n) is 4.24. The summed E-state index contributed by atoms with van der Waals surface area (Å²) < 4.78 is 1.57. The fourth-order valence-electron chi connectivity index (χ4n) is 1.15. The topological polar surface area (TPSA) is 111 Å². The van der Waals surface area contributed by atoms with Gasteiger partial charge in [-0.05, 0) is 15.9 Å². The summed E-state index contributed by atoms with van der Waals surface area (Å²) in [5.41, 5.74) is -0.228. The molecule has 0 fully saturated rings. The highest BCUT2D eigenvalue weighted by Gasteiger charge is 2.18. The first kappa shape index (κ1) is 11.2. The lowest BCUT2D eigenvalue weighted by molar-refractivity contribution is -0.385. The van der Waals surface area contributed by atoms with Crippen LogP contribution in [0, 0.1) is 21.4 Å². The Hall–Kier alpha value is -2.34. The number of hydrogen-bond acceptors (Lipinski definition) is 6. The van der Waals surface area contributed by atoms with Crippen LogP contribution in [0.25, 0.3) is 5.82 Å². The average Bonchev–Trinajstić information content (AvgIpc) is 2.77. The van der Waals surface area contributed by atoms with Crippen molar-refractivity contribution in [2.24, 2.45) is 0 Å². The summed E-state index contributed by atoms with van der Waals surface area (Å²) in [4.78, 5) is 17.8. The SMILES string of the molecule is N#Cc1ncn(-c2ncc(Br)cc2[N+](=O)[O-])n1. The second-order valence-electron chi connectivity index (χ2n) is 2.88. The lowest BCUT2D eigenvalue weighted by Gasteiger charge is -2.00. The van der Waals surface area contributed by atoms with Crippen LogP contribution >= 0.6 is 15.9 Å². The molecule has 17 heavy (non-hydrogen) atoms. The van der Waals surface area contributed by atoms with Crippen molar-refractivity contribution in [2.75, 3.05) is 0 Å². The van der Waals surface area contributed by atoms with E-state index in [1.807, 2.05) is 0 Å². The third-order valence-corrected chi connectivity index (χ3v) is 2.25. The Morgan fingerprint density at radius 3 is 2.88 bits per heavy atom. The van der Waals surface area contributed by atoms with E-state index in [1.54, 1.807) is 6.07 Å². The molecule has 0 N–H and O–H groups in total. The molecule has 2 aromatic rings. The Morgan fingerprint density at radius 1 is 1.53 bits per heavy atom. The first-order chi connectivity index (χ1) is 8.11. The molecule has 0 saturated heterocycles. The van der Waals surface area contributed by atoms with E-state index in [0.717, 1.165) is 4.68 Å². The molecule has 0 unspecified atom stereocenters. The van der Waals surface area contributed by atoms with E-state index in [9.17, 15) is 10.1 Å². The number of hydrogen-bond donors (Lipinski definition) is 0. The number of pyridine rings is 1. The minimum absolute atomic E-state index is 0.00667. The van der Waals surface area contributed by atoms with Crippen molar-refractivity contribution in [1.29, 1.82) is 5.26 Å². The van der Waals surface area contributed by atoms with Gasteiger partial charge in [0.1, 0.15) is 12.4 Å². The van der Waals surface area contributed by atoms with Crippen LogP contribution in [-0.4, -0.2) is 24.7 Å². The molecule has 2 aromatic heterocycles. The van der Waals surface area contributed by atoms with Crippen molar-refractivity contribution < 1.29 is 4.92 Å². The second-order valence-corrected chi connectivity index (χ2v) is 3.79.